The third-order valence-electron chi connectivity index (χ3n) is 7.67. The van der Waals surface area contributed by atoms with Gasteiger partial charge in [0, 0.05) is 17.9 Å². The number of aryl methyl sites for hydroxylation is 1. The number of nitrogens with zero attached hydrogens (tertiary/aromatic N) is 1. The molecule has 0 saturated carbocycles. The highest BCUT2D eigenvalue weighted by Gasteiger charge is 2.34. The maximum absolute atomic E-state index is 13.7. The zero-order chi connectivity index (χ0) is 27.6. The molecule has 5 rings (SSSR count). The minimum Gasteiger partial charge on any atom is -0.475 e. The van der Waals surface area contributed by atoms with Crippen LogP contribution in [-0.2, 0) is 28.8 Å². The van der Waals surface area contributed by atoms with Crippen LogP contribution in [0.4, 0.5) is 0 Å². The van der Waals surface area contributed by atoms with Crippen molar-refractivity contribution in [3.8, 4) is 0 Å². The number of nitrogens with one attached hydrogen (secondary N) is 1. The van der Waals surface area contributed by atoms with Gasteiger partial charge in [0.05, 0.1) is 23.8 Å². The lowest BCUT2D eigenvalue weighted by Crippen LogP contribution is -2.39. The lowest BCUT2D eigenvalue weighted by Gasteiger charge is -2.25. The van der Waals surface area contributed by atoms with Crippen molar-refractivity contribution in [3.63, 3.8) is 0 Å². The molecule has 2 unspecified atom stereocenters. The zero-order valence-corrected chi connectivity index (χ0v) is 22.9. The second-order valence-corrected chi connectivity index (χ2v) is 11.6. The Morgan fingerprint density at radius 3 is 2.56 bits per heavy atom. The highest BCUT2D eigenvalue weighted by molar-refractivity contribution is 5.97. The van der Waals surface area contributed by atoms with Gasteiger partial charge in [0.25, 0.3) is 0 Å². The number of carbonyl (C=O) groups excluding carboxylic acids is 1. The molecule has 0 radical (unpaired) electrons. The summed E-state index contributed by atoms with van der Waals surface area (Å²) in [5.74, 6) is -0.0123. The summed E-state index contributed by atoms with van der Waals surface area (Å²) in [7, 11) is 0. The van der Waals surface area contributed by atoms with Crippen molar-refractivity contribution in [1.82, 2.24) is 5.32 Å². The molecule has 1 heterocycles. The number of carbonyl (C=O) groups is 1. The van der Waals surface area contributed by atoms with Gasteiger partial charge in [-0.15, -0.1) is 0 Å². The number of benzene rings is 3. The molecule has 1 aliphatic heterocycles. The molecule has 2 aliphatic rings. The SMILES string of the molecule is Cc1ccc(CC(O)CC(Cc2ccccc2)C(=O)N[C@H]2c3ccccc3C[C@H]2O)c(C2=NC(C)(C)CO2)c1. The number of aliphatic hydroxyl groups is 2. The van der Waals surface area contributed by atoms with Gasteiger partial charge in [-0.25, -0.2) is 4.99 Å². The largest absolute Gasteiger partial charge is 0.475 e. The minimum atomic E-state index is -0.748. The normalized spacial score (nSPS) is 21.0. The second kappa shape index (κ2) is 11.3. The van der Waals surface area contributed by atoms with Gasteiger partial charge in [-0.1, -0.05) is 72.3 Å². The monoisotopic (exact) mass is 526 g/mol. The van der Waals surface area contributed by atoms with E-state index in [9.17, 15) is 15.0 Å². The molecule has 0 spiro atoms. The Morgan fingerprint density at radius 1 is 1.08 bits per heavy atom. The summed E-state index contributed by atoms with van der Waals surface area (Å²) in [6.07, 6.45) is 0.274. The number of hydrogen-bond donors (Lipinski definition) is 3. The molecule has 0 aromatic heterocycles. The lowest BCUT2D eigenvalue weighted by atomic mass is 9.89. The Labute approximate surface area is 230 Å². The molecule has 3 aromatic carbocycles. The number of ether oxygens (including phenoxy) is 1. The first-order valence-electron chi connectivity index (χ1n) is 13.8. The maximum Gasteiger partial charge on any atom is 0.224 e. The molecule has 0 bridgehead atoms. The highest BCUT2D eigenvalue weighted by atomic mass is 16.5. The van der Waals surface area contributed by atoms with Crippen LogP contribution in [0.2, 0.25) is 0 Å². The Balaban J connectivity index is 1.35. The van der Waals surface area contributed by atoms with E-state index in [2.05, 4.69) is 11.4 Å². The Bertz CT molecular complexity index is 1350. The topological polar surface area (TPSA) is 91.2 Å². The number of aliphatic imine (C=N–C) groups is 1. The minimum absolute atomic E-state index is 0.159. The number of hydrogen-bond acceptors (Lipinski definition) is 5. The van der Waals surface area contributed by atoms with Gasteiger partial charge in [0.1, 0.15) is 6.61 Å². The average molecular weight is 527 g/mol. The predicted molar refractivity (Wildman–Crippen MR) is 153 cm³/mol. The summed E-state index contributed by atoms with van der Waals surface area (Å²) in [4.78, 5) is 18.4. The zero-order valence-electron chi connectivity index (χ0n) is 22.9. The molecule has 0 fully saturated rings. The Morgan fingerprint density at radius 2 is 1.82 bits per heavy atom. The van der Waals surface area contributed by atoms with Crippen LogP contribution >= 0.6 is 0 Å². The van der Waals surface area contributed by atoms with E-state index in [-0.39, 0.29) is 17.9 Å². The van der Waals surface area contributed by atoms with Crippen molar-refractivity contribution in [1.29, 1.82) is 0 Å². The van der Waals surface area contributed by atoms with E-state index >= 15 is 0 Å². The summed E-state index contributed by atoms with van der Waals surface area (Å²) in [6, 6.07) is 23.4. The van der Waals surface area contributed by atoms with Crippen LogP contribution in [0.5, 0.6) is 0 Å². The summed E-state index contributed by atoms with van der Waals surface area (Å²) in [5.41, 5.74) is 5.71. The summed E-state index contributed by atoms with van der Waals surface area (Å²) in [6.45, 7) is 6.63. The third kappa shape index (κ3) is 6.40. The van der Waals surface area contributed by atoms with Crippen LogP contribution in [-0.4, -0.2) is 46.4 Å². The van der Waals surface area contributed by atoms with Crippen LogP contribution < -0.4 is 5.32 Å². The third-order valence-corrected chi connectivity index (χ3v) is 7.67. The molecule has 204 valence electrons. The number of fused-ring (bicyclic) bond motifs is 1. The van der Waals surface area contributed by atoms with E-state index in [1.54, 1.807) is 0 Å². The first-order chi connectivity index (χ1) is 18.7. The predicted octanol–water partition coefficient (Wildman–Crippen LogP) is 4.48. The van der Waals surface area contributed by atoms with Gasteiger partial charge in [-0.3, -0.25) is 4.79 Å². The summed E-state index contributed by atoms with van der Waals surface area (Å²) >= 11 is 0. The Kier molecular flexibility index (Phi) is 7.87. The van der Waals surface area contributed by atoms with Crippen molar-refractivity contribution >= 4 is 11.8 Å². The van der Waals surface area contributed by atoms with Gasteiger partial charge in [0.2, 0.25) is 11.8 Å². The fourth-order valence-electron chi connectivity index (χ4n) is 5.66. The Hall–Kier alpha value is -3.48. The lowest BCUT2D eigenvalue weighted by molar-refractivity contribution is -0.127. The molecule has 1 aliphatic carbocycles. The van der Waals surface area contributed by atoms with E-state index in [4.69, 9.17) is 9.73 Å². The average Bonchev–Trinajstić information content (AvgIpc) is 3.43. The van der Waals surface area contributed by atoms with Crippen LogP contribution in [0.3, 0.4) is 0 Å². The standard InChI is InChI=1S/C33H38N2O4/c1-21-13-14-24(28(15-21)32-35-33(2,3)20-39-32)17-26(36)18-25(16-22-9-5-4-6-10-22)31(38)34-30-27-12-8-7-11-23(27)19-29(30)37/h4-15,25-26,29-30,36-37H,16-20H2,1-3H3,(H,34,38)/t25?,26?,29-,30+/m1/s1. The van der Waals surface area contributed by atoms with Gasteiger partial charge in [-0.2, -0.15) is 0 Å². The quantitative estimate of drug-likeness (QED) is 0.384. The summed E-state index contributed by atoms with van der Waals surface area (Å²) in [5, 5.41) is 25.1. The van der Waals surface area contributed by atoms with E-state index in [1.165, 1.54) is 0 Å². The molecule has 6 nitrogen and oxygen atoms in total. The van der Waals surface area contributed by atoms with Gasteiger partial charge < -0.3 is 20.3 Å². The molecule has 6 heteroatoms. The van der Waals surface area contributed by atoms with E-state index < -0.39 is 24.2 Å². The van der Waals surface area contributed by atoms with Crippen LogP contribution in [0.25, 0.3) is 0 Å². The van der Waals surface area contributed by atoms with Crippen molar-refractivity contribution < 1.29 is 19.7 Å². The van der Waals surface area contributed by atoms with Gasteiger partial charge in [-0.05, 0) is 68.4 Å². The van der Waals surface area contributed by atoms with E-state index in [1.807, 2.05) is 87.5 Å². The first-order valence-corrected chi connectivity index (χ1v) is 13.8. The molecule has 1 amide bonds. The molecule has 0 saturated heterocycles. The van der Waals surface area contributed by atoms with Crippen molar-refractivity contribution in [3.05, 3.63) is 106 Å². The van der Waals surface area contributed by atoms with Crippen molar-refractivity contribution in [2.45, 2.75) is 70.2 Å². The van der Waals surface area contributed by atoms with Crippen LogP contribution in [0, 0.1) is 12.8 Å². The number of rotatable bonds is 9. The summed E-state index contributed by atoms with van der Waals surface area (Å²) < 4.78 is 5.92. The molecule has 39 heavy (non-hydrogen) atoms. The smallest absolute Gasteiger partial charge is 0.224 e. The molecule has 3 aromatic rings. The van der Waals surface area contributed by atoms with Crippen LogP contribution in [0.15, 0.2) is 77.8 Å². The number of amides is 1. The van der Waals surface area contributed by atoms with Crippen LogP contribution in [0.1, 0.15) is 59.7 Å². The van der Waals surface area contributed by atoms with E-state index in [0.29, 0.717) is 31.8 Å². The number of aliphatic hydroxyl groups excluding tert-OH is 2. The van der Waals surface area contributed by atoms with Crippen molar-refractivity contribution in [2.75, 3.05) is 6.61 Å². The highest BCUT2D eigenvalue weighted by Crippen LogP contribution is 2.32. The fourth-order valence-corrected chi connectivity index (χ4v) is 5.66. The first kappa shape index (κ1) is 27.1. The van der Waals surface area contributed by atoms with E-state index in [0.717, 1.165) is 33.4 Å². The molecular formula is C33H38N2O4. The fraction of sp³-hybridized carbons (Fsp3) is 0.394. The maximum atomic E-state index is 13.7. The molecule has 4 atom stereocenters. The van der Waals surface area contributed by atoms with Gasteiger partial charge in [0.15, 0.2) is 0 Å². The second-order valence-electron chi connectivity index (χ2n) is 11.6. The van der Waals surface area contributed by atoms with Crippen molar-refractivity contribution in [2.24, 2.45) is 10.9 Å². The molecule has 3 N–H and O–H groups in total. The van der Waals surface area contributed by atoms with Gasteiger partial charge >= 0.3 is 0 Å². The molecular weight excluding hydrogens is 488 g/mol.